The van der Waals surface area contributed by atoms with Crippen LogP contribution in [-0.4, -0.2) is 27.5 Å². The van der Waals surface area contributed by atoms with Gasteiger partial charge < -0.3 is 10.1 Å². The Hall–Kier alpha value is -2.30. The number of sulfonamides is 1. The zero-order valence-electron chi connectivity index (χ0n) is 16.1. The average molecular weight is 465 g/mol. The first kappa shape index (κ1) is 24.0. The van der Waals surface area contributed by atoms with Gasteiger partial charge in [-0.05, 0) is 55.3 Å². The summed E-state index contributed by atoms with van der Waals surface area (Å²) in [5.74, 6) is -0.419. The monoisotopic (exact) mass is 464 g/mol. The molecule has 2 rings (SSSR count). The number of amides is 1. The van der Waals surface area contributed by atoms with E-state index in [1.54, 1.807) is 6.92 Å². The van der Waals surface area contributed by atoms with Crippen LogP contribution in [0, 0.1) is 6.92 Å². The van der Waals surface area contributed by atoms with Gasteiger partial charge in [0.05, 0.1) is 15.5 Å². The minimum Gasteiger partial charge on any atom is -0.483 e. The summed E-state index contributed by atoms with van der Waals surface area (Å²) in [6.45, 7) is 3.27. The van der Waals surface area contributed by atoms with Crippen molar-refractivity contribution in [3.8, 4) is 5.75 Å². The SMILES string of the molecule is CCCNS(=O)(=O)c1ccc(OCC(=O)Nc2ccc(Cl)c(C(F)(F)F)c2)c(C)c1. The van der Waals surface area contributed by atoms with E-state index in [1.807, 2.05) is 6.92 Å². The molecule has 0 aliphatic heterocycles. The third-order valence-electron chi connectivity index (χ3n) is 3.91. The Balaban J connectivity index is 2.03. The van der Waals surface area contributed by atoms with E-state index in [1.165, 1.54) is 24.3 Å². The summed E-state index contributed by atoms with van der Waals surface area (Å²) >= 11 is 5.54. The lowest BCUT2D eigenvalue weighted by molar-refractivity contribution is -0.137. The molecule has 0 aliphatic carbocycles. The number of rotatable bonds is 8. The number of nitrogens with one attached hydrogen (secondary N) is 2. The van der Waals surface area contributed by atoms with E-state index < -0.39 is 39.3 Å². The number of alkyl halides is 3. The number of benzene rings is 2. The van der Waals surface area contributed by atoms with Gasteiger partial charge in [-0.25, -0.2) is 13.1 Å². The lowest BCUT2D eigenvalue weighted by atomic mass is 10.2. The van der Waals surface area contributed by atoms with Crippen molar-refractivity contribution in [3.05, 3.63) is 52.5 Å². The van der Waals surface area contributed by atoms with Gasteiger partial charge in [-0.3, -0.25) is 4.79 Å². The van der Waals surface area contributed by atoms with Crippen LogP contribution in [0.25, 0.3) is 0 Å². The van der Waals surface area contributed by atoms with Crippen molar-refractivity contribution >= 4 is 33.2 Å². The largest absolute Gasteiger partial charge is 0.483 e. The number of anilines is 1. The van der Waals surface area contributed by atoms with Crippen molar-refractivity contribution in [2.24, 2.45) is 0 Å². The number of ether oxygens (including phenoxy) is 1. The van der Waals surface area contributed by atoms with E-state index in [0.717, 1.165) is 12.1 Å². The molecule has 164 valence electrons. The molecule has 0 bridgehead atoms. The fraction of sp³-hybridized carbons (Fsp3) is 0.316. The number of hydrogen-bond acceptors (Lipinski definition) is 4. The van der Waals surface area contributed by atoms with E-state index in [4.69, 9.17) is 16.3 Å². The van der Waals surface area contributed by atoms with E-state index in [2.05, 4.69) is 10.0 Å². The first-order valence-corrected chi connectivity index (χ1v) is 10.7. The van der Waals surface area contributed by atoms with Crippen molar-refractivity contribution in [2.45, 2.75) is 31.3 Å². The van der Waals surface area contributed by atoms with Crippen molar-refractivity contribution in [2.75, 3.05) is 18.5 Å². The van der Waals surface area contributed by atoms with Crippen LogP contribution < -0.4 is 14.8 Å². The summed E-state index contributed by atoms with van der Waals surface area (Å²) in [4.78, 5) is 12.1. The van der Waals surface area contributed by atoms with Crippen molar-refractivity contribution in [3.63, 3.8) is 0 Å². The second-order valence-corrected chi connectivity index (χ2v) is 8.53. The topological polar surface area (TPSA) is 84.5 Å². The zero-order valence-corrected chi connectivity index (χ0v) is 17.7. The van der Waals surface area contributed by atoms with Gasteiger partial charge in [0.2, 0.25) is 10.0 Å². The van der Waals surface area contributed by atoms with Crippen LogP contribution >= 0.6 is 11.6 Å². The maximum absolute atomic E-state index is 12.9. The first-order valence-electron chi connectivity index (χ1n) is 8.83. The molecule has 0 unspecified atom stereocenters. The smallest absolute Gasteiger partial charge is 0.417 e. The molecule has 0 radical (unpaired) electrons. The molecule has 0 saturated carbocycles. The summed E-state index contributed by atoms with van der Waals surface area (Å²) in [5, 5.41) is 1.83. The number of aryl methyl sites for hydroxylation is 1. The minimum absolute atomic E-state index is 0.0612. The molecule has 0 aliphatic rings. The van der Waals surface area contributed by atoms with E-state index >= 15 is 0 Å². The van der Waals surface area contributed by atoms with Crippen molar-refractivity contribution in [1.82, 2.24) is 4.72 Å². The number of carbonyl (C=O) groups is 1. The number of halogens is 4. The Kier molecular flexibility index (Phi) is 7.73. The van der Waals surface area contributed by atoms with Crippen LogP contribution in [0.5, 0.6) is 5.75 Å². The van der Waals surface area contributed by atoms with Crippen molar-refractivity contribution in [1.29, 1.82) is 0 Å². The summed E-state index contributed by atoms with van der Waals surface area (Å²) in [7, 11) is -3.64. The molecule has 0 heterocycles. The Morgan fingerprint density at radius 3 is 2.47 bits per heavy atom. The highest BCUT2D eigenvalue weighted by atomic mass is 35.5. The minimum atomic E-state index is -4.65. The first-order chi connectivity index (χ1) is 13.9. The van der Waals surface area contributed by atoms with Crippen LogP contribution in [0.2, 0.25) is 5.02 Å². The van der Waals surface area contributed by atoms with Crippen LogP contribution in [0.3, 0.4) is 0 Å². The molecular formula is C19H20ClF3N2O4S. The molecule has 11 heteroatoms. The highest BCUT2D eigenvalue weighted by Gasteiger charge is 2.33. The standard InChI is InChI=1S/C19H20ClF3N2O4S/c1-3-8-24-30(27,28)14-5-7-17(12(2)9-14)29-11-18(26)25-13-4-6-16(20)15(10-13)19(21,22)23/h4-7,9-10,24H,3,8,11H2,1-2H3,(H,25,26). The molecule has 0 saturated heterocycles. The van der Waals surface area contributed by atoms with Gasteiger partial charge in [0.25, 0.3) is 5.91 Å². The average Bonchev–Trinajstić information content (AvgIpc) is 2.66. The van der Waals surface area contributed by atoms with Gasteiger partial charge >= 0.3 is 6.18 Å². The zero-order chi connectivity index (χ0) is 22.5. The summed E-state index contributed by atoms with van der Waals surface area (Å²) in [5.41, 5.74) is -0.666. The van der Waals surface area contributed by atoms with Gasteiger partial charge in [-0.15, -0.1) is 0 Å². The molecule has 30 heavy (non-hydrogen) atoms. The van der Waals surface area contributed by atoms with Gasteiger partial charge in [-0.1, -0.05) is 18.5 Å². The molecule has 2 aromatic rings. The van der Waals surface area contributed by atoms with Gasteiger partial charge in [0, 0.05) is 12.2 Å². The molecule has 2 N–H and O–H groups in total. The lowest BCUT2D eigenvalue weighted by Crippen LogP contribution is -2.24. The molecule has 0 spiro atoms. The van der Waals surface area contributed by atoms with Crippen LogP contribution in [0.1, 0.15) is 24.5 Å². The normalized spacial score (nSPS) is 11.9. The van der Waals surface area contributed by atoms with Crippen LogP contribution in [0.4, 0.5) is 18.9 Å². The third kappa shape index (κ3) is 6.35. The molecule has 1 amide bonds. The fourth-order valence-electron chi connectivity index (χ4n) is 2.43. The third-order valence-corrected chi connectivity index (χ3v) is 5.70. The second-order valence-electron chi connectivity index (χ2n) is 6.35. The van der Waals surface area contributed by atoms with E-state index in [9.17, 15) is 26.4 Å². The van der Waals surface area contributed by atoms with Crippen LogP contribution in [0.15, 0.2) is 41.3 Å². The lowest BCUT2D eigenvalue weighted by Gasteiger charge is -2.13. The van der Waals surface area contributed by atoms with Crippen LogP contribution in [-0.2, 0) is 21.0 Å². The fourth-order valence-corrected chi connectivity index (χ4v) is 3.87. The van der Waals surface area contributed by atoms with E-state index in [0.29, 0.717) is 18.5 Å². The molecule has 0 fully saturated rings. The van der Waals surface area contributed by atoms with Crippen molar-refractivity contribution < 1.29 is 31.1 Å². The van der Waals surface area contributed by atoms with Gasteiger partial charge in [0.15, 0.2) is 6.61 Å². The number of hydrogen-bond donors (Lipinski definition) is 2. The highest BCUT2D eigenvalue weighted by Crippen LogP contribution is 2.36. The molecule has 6 nitrogen and oxygen atoms in total. The Labute approximate surface area is 177 Å². The maximum atomic E-state index is 12.9. The molecule has 0 atom stereocenters. The summed E-state index contributed by atoms with van der Waals surface area (Å²) in [6.07, 6.45) is -4.01. The van der Waals surface area contributed by atoms with E-state index in [-0.39, 0.29) is 16.3 Å². The maximum Gasteiger partial charge on any atom is 0.417 e. The van der Waals surface area contributed by atoms with Gasteiger partial charge in [0.1, 0.15) is 5.75 Å². The number of carbonyl (C=O) groups excluding carboxylic acids is 1. The summed E-state index contributed by atoms with van der Waals surface area (Å²) in [6, 6.07) is 7.16. The molecule has 0 aromatic heterocycles. The predicted octanol–water partition coefficient (Wildman–Crippen LogP) is 4.37. The second kappa shape index (κ2) is 9.67. The quantitative estimate of drug-likeness (QED) is 0.607. The Bertz CT molecular complexity index is 1030. The Morgan fingerprint density at radius 1 is 1.17 bits per heavy atom. The van der Waals surface area contributed by atoms with Gasteiger partial charge in [-0.2, -0.15) is 13.2 Å². The predicted molar refractivity (Wildman–Crippen MR) is 107 cm³/mol. The summed E-state index contributed by atoms with van der Waals surface area (Å²) < 4.78 is 70.8. The molecule has 2 aromatic carbocycles. The Morgan fingerprint density at radius 2 is 1.87 bits per heavy atom. The molecular weight excluding hydrogens is 445 g/mol. The highest BCUT2D eigenvalue weighted by molar-refractivity contribution is 7.89.